The summed E-state index contributed by atoms with van der Waals surface area (Å²) in [5.41, 5.74) is 7.99. The van der Waals surface area contributed by atoms with E-state index in [4.69, 9.17) is 17.3 Å². The maximum atomic E-state index is 12.6. The van der Waals surface area contributed by atoms with E-state index in [0.29, 0.717) is 13.1 Å². The van der Waals surface area contributed by atoms with Gasteiger partial charge < -0.3 is 15.5 Å². The Morgan fingerprint density at radius 3 is 2.22 bits per heavy atom. The molecule has 4 nitrogen and oxygen atoms in total. The molecule has 1 unspecified atom stereocenters. The Bertz CT molecular complexity index is 669. The van der Waals surface area contributed by atoms with Gasteiger partial charge in [0, 0.05) is 26.2 Å². The molecule has 0 saturated carbocycles. The lowest BCUT2D eigenvalue weighted by atomic mass is 10.1. The lowest BCUT2D eigenvalue weighted by Crippen LogP contribution is -2.51. The van der Waals surface area contributed by atoms with Crippen LogP contribution < -0.4 is 10.6 Å². The van der Waals surface area contributed by atoms with E-state index in [1.54, 1.807) is 0 Å². The van der Waals surface area contributed by atoms with E-state index in [1.807, 2.05) is 59.5 Å². The van der Waals surface area contributed by atoms with Crippen molar-refractivity contribution < 1.29 is 4.79 Å². The van der Waals surface area contributed by atoms with Gasteiger partial charge in [0.15, 0.2) is 0 Å². The van der Waals surface area contributed by atoms with E-state index in [1.165, 1.54) is 0 Å². The van der Waals surface area contributed by atoms with E-state index in [-0.39, 0.29) is 5.91 Å². The van der Waals surface area contributed by atoms with Crippen LogP contribution in [-0.2, 0) is 4.79 Å². The second-order valence-corrected chi connectivity index (χ2v) is 6.06. The van der Waals surface area contributed by atoms with Crippen LogP contribution in [0.25, 0.3) is 0 Å². The third kappa shape index (κ3) is 3.49. The van der Waals surface area contributed by atoms with Crippen molar-refractivity contribution >= 4 is 23.2 Å². The monoisotopic (exact) mass is 329 g/mol. The molecule has 120 valence electrons. The molecule has 3 rings (SSSR count). The van der Waals surface area contributed by atoms with Gasteiger partial charge in [-0.15, -0.1) is 0 Å². The average molecular weight is 330 g/mol. The quantitative estimate of drug-likeness (QED) is 0.942. The molecule has 2 aromatic carbocycles. The Morgan fingerprint density at radius 1 is 0.957 bits per heavy atom. The number of piperazine rings is 1. The van der Waals surface area contributed by atoms with Crippen molar-refractivity contribution in [3.63, 3.8) is 0 Å². The van der Waals surface area contributed by atoms with Crippen molar-refractivity contribution in [2.75, 3.05) is 31.1 Å². The van der Waals surface area contributed by atoms with Gasteiger partial charge in [-0.2, -0.15) is 0 Å². The zero-order valence-corrected chi connectivity index (χ0v) is 13.6. The molecule has 5 heteroatoms. The highest BCUT2D eigenvalue weighted by atomic mass is 35.5. The zero-order chi connectivity index (χ0) is 16.2. The van der Waals surface area contributed by atoms with Gasteiger partial charge in [-0.1, -0.05) is 54.1 Å². The number of hydrogen-bond donors (Lipinski definition) is 1. The number of nitrogens with zero attached hydrogens (tertiary/aromatic N) is 2. The van der Waals surface area contributed by atoms with Crippen molar-refractivity contribution in [3.8, 4) is 0 Å². The van der Waals surface area contributed by atoms with Gasteiger partial charge in [0.1, 0.15) is 6.04 Å². The average Bonchev–Trinajstić information content (AvgIpc) is 2.62. The van der Waals surface area contributed by atoms with Gasteiger partial charge in [-0.3, -0.25) is 4.79 Å². The second kappa shape index (κ2) is 7.02. The smallest absolute Gasteiger partial charge is 0.244 e. The van der Waals surface area contributed by atoms with Crippen molar-refractivity contribution in [2.24, 2.45) is 5.73 Å². The molecular weight excluding hydrogens is 310 g/mol. The van der Waals surface area contributed by atoms with Crippen LogP contribution >= 0.6 is 11.6 Å². The molecule has 2 aromatic rings. The molecule has 1 aliphatic rings. The summed E-state index contributed by atoms with van der Waals surface area (Å²) in [7, 11) is 0. The fourth-order valence-electron chi connectivity index (χ4n) is 2.88. The number of benzene rings is 2. The molecule has 1 saturated heterocycles. The fourth-order valence-corrected chi connectivity index (χ4v) is 3.13. The predicted octanol–water partition coefficient (Wildman–Crippen LogP) is 2.69. The molecule has 0 spiro atoms. The number of anilines is 1. The highest BCUT2D eigenvalue weighted by molar-refractivity contribution is 6.33. The van der Waals surface area contributed by atoms with Crippen LogP contribution in [0.5, 0.6) is 0 Å². The molecular formula is C18H20ClN3O. The summed E-state index contributed by atoms with van der Waals surface area (Å²) in [4.78, 5) is 16.6. The summed E-state index contributed by atoms with van der Waals surface area (Å²) < 4.78 is 0. The minimum absolute atomic E-state index is 0.0185. The third-order valence-electron chi connectivity index (χ3n) is 4.21. The van der Waals surface area contributed by atoms with Crippen LogP contribution in [0.1, 0.15) is 11.6 Å². The van der Waals surface area contributed by atoms with Gasteiger partial charge in [0.05, 0.1) is 10.7 Å². The van der Waals surface area contributed by atoms with Crippen molar-refractivity contribution in [3.05, 3.63) is 65.2 Å². The summed E-state index contributed by atoms with van der Waals surface area (Å²) in [5, 5.41) is 0.744. The normalized spacial score (nSPS) is 16.3. The summed E-state index contributed by atoms with van der Waals surface area (Å²) in [6.45, 7) is 2.84. The fraction of sp³-hybridized carbons (Fsp3) is 0.278. The highest BCUT2D eigenvalue weighted by Crippen LogP contribution is 2.26. The molecule has 0 aliphatic carbocycles. The van der Waals surface area contributed by atoms with Crippen LogP contribution in [0.15, 0.2) is 54.6 Å². The summed E-state index contributed by atoms with van der Waals surface area (Å²) in [6.07, 6.45) is 0. The SMILES string of the molecule is NC(C(=O)N1CCN(c2ccccc2Cl)CC1)c1ccccc1. The summed E-state index contributed by atoms with van der Waals surface area (Å²) in [6, 6.07) is 16.7. The van der Waals surface area contributed by atoms with E-state index in [9.17, 15) is 4.79 Å². The van der Waals surface area contributed by atoms with E-state index < -0.39 is 6.04 Å². The zero-order valence-electron chi connectivity index (χ0n) is 12.9. The molecule has 0 bridgehead atoms. The predicted molar refractivity (Wildman–Crippen MR) is 93.6 cm³/mol. The topological polar surface area (TPSA) is 49.6 Å². The molecule has 1 amide bonds. The van der Waals surface area contributed by atoms with Crippen molar-refractivity contribution in [1.82, 2.24) is 4.90 Å². The molecule has 1 fully saturated rings. The van der Waals surface area contributed by atoms with Gasteiger partial charge >= 0.3 is 0 Å². The molecule has 2 N–H and O–H groups in total. The first kappa shape index (κ1) is 15.8. The molecule has 1 aliphatic heterocycles. The minimum Gasteiger partial charge on any atom is -0.367 e. The first-order valence-corrected chi connectivity index (χ1v) is 8.13. The second-order valence-electron chi connectivity index (χ2n) is 5.65. The highest BCUT2D eigenvalue weighted by Gasteiger charge is 2.26. The van der Waals surface area contributed by atoms with Gasteiger partial charge in [0.2, 0.25) is 5.91 Å². The Morgan fingerprint density at radius 2 is 1.57 bits per heavy atom. The van der Waals surface area contributed by atoms with Crippen LogP contribution in [0.2, 0.25) is 5.02 Å². The van der Waals surface area contributed by atoms with Crippen LogP contribution in [0.3, 0.4) is 0 Å². The Balaban J connectivity index is 1.63. The standard InChI is InChI=1S/C18H20ClN3O/c19-15-8-4-5-9-16(15)21-10-12-22(13-11-21)18(23)17(20)14-6-2-1-3-7-14/h1-9,17H,10-13,20H2. The van der Waals surface area contributed by atoms with Gasteiger partial charge in [0.25, 0.3) is 0 Å². The third-order valence-corrected chi connectivity index (χ3v) is 4.53. The van der Waals surface area contributed by atoms with Gasteiger partial charge in [-0.25, -0.2) is 0 Å². The largest absolute Gasteiger partial charge is 0.367 e. The maximum absolute atomic E-state index is 12.6. The number of para-hydroxylation sites is 1. The van der Waals surface area contributed by atoms with Crippen molar-refractivity contribution in [1.29, 1.82) is 0 Å². The number of nitrogens with two attached hydrogens (primary N) is 1. The number of rotatable bonds is 3. The van der Waals surface area contributed by atoms with Crippen LogP contribution in [-0.4, -0.2) is 37.0 Å². The number of amides is 1. The first-order chi connectivity index (χ1) is 11.2. The van der Waals surface area contributed by atoms with Crippen molar-refractivity contribution in [2.45, 2.75) is 6.04 Å². The van der Waals surface area contributed by atoms with Gasteiger partial charge in [-0.05, 0) is 17.7 Å². The molecule has 1 heterocycles. The molecule has 23 heavy (non-hydrogen) atoms. The summed E-state index contributed by atoms with van der Waals surface area (Å²) in [5.74, 6) is -0.0185. The van der Waals surface area contributed by atoms with Crippen LogP contribution in [0.4, 0.5) is 5.69 Å². The Kier molecular flexibility index (Phi) is 4.84. The van der Waals surface area contributed by atoms with Crippen LogP contribution in [0, 0.1) is 0 Å². The number of halogens is 1. The molecule has 0 aromatic heterocycles. The van der Waals surface area contributed by atoms with E-state index in [0.717, 1.165) is 29.4 Å². The van der Waals surface area contributed by atoms with E-state index >= 15 is 0 Å². The lowest BCUT2D eigenvalue weighted by molar-refractivity contribution is -0.133. The first-order valence-electron chi connectivity index (χ1n) is 7.75. The number of carbonyl (C=O) groups excluding carboxylic acids is 1. The Labute approximate surface area is 141 Å². The maximum Gasteiger partial charge on any atom is 0.244 e. The number of hydrogen-bond acceptors (Lipinski definition) is 3. The molecule has 0 radical (unpaired) electrons. The Hall–Kier alpha value is -2.04. The van der Waals surface area contributed by atoms with E-state index in [2.05, 4.69) is 4.90 Å². The number of carbonyl (C=O) groups is 1. The summed E-state index contributed by atoms with van der Waals surface area (Å²) >= 11 is 6.24. The lowest BCUT2D eigenvalue weighted by Gasteiger charge is -2.37. The minimum atomic E-state index is -0.594. The molecule has 1 atom stereocenters.